The molecule has 0 saturated heterocycles. The van der Waals surface area contributed by atoms with Crippen LogP contribution in [0.3, 0.4) is 0 Å². The van der Waals surface area contributed by atoms with E-state index in [1.807, 2.05) is 12.1 Å². The molecule has 0 amide bonds. The molecule has 0 aliphatic heterocycles. The summed E-state index contributed by atoms with van der Waals surface area (Å²) in [5.74, 6) is -0.0330. The Morgan fingerprint density at radius 3 is 2.86 bits per heavy atom. The van der Waals surface area contributed by atoms with Gasteiger partial charge in [0, 0.05) is 5.92 Å². The van der Waals surface area contributed by atoms with E-state index in [0.717, 1.165) is 31.4 Å². The van der Waals surface area contributed by atoms with E-state index in [2.05, 4.69) is 0 Å². The summed E-state index contributed by atoms with van der Waals surface area (Å²) in [5.41, 5.74) is 0. The van der Waals surface area contributed by atoms with Gasteiger partial charge in [0.1, 0.15) is 5.76 Å². The summed E-state index contributed by atoms with van der Waals surface area (Å²) < 4.78 is 5.29. The fourth-order valence-electron chi connectivity index (χ4n) is 2.27. The minimum atomic E-state index is -0.689. The molecular weight excluding hydrogens is 180 g/mol. The third-order valence-electron chi connectivity index (χ3n) is 2.99. The SMILES string of the molecule is O=C(O)[C@@H]1CCCC[C@H]1c1ccco1. The van der Waals surface area contributed by atoms with Crippen LogP contribution < -0.4 is 0 Å². The number of carboxylic acids is 1. The number of hydrogen-bond acceptors (Lipinski definition) is 2. The standard InChI is InChI=1S/C11H14O3/c12-11(13)9-5-2-1-4-8(9)10-6-3-7-14-10/h3,6-9H,1-2,4-5H2,(H,12,13)/t8-,9-/m1/s1. The predicted octanol–water partition coefficient (Wildman–Crippen LogP) is 2.64. The number of carbonyl (C=O) groups is 1. The zero-order valence-electron chi connectivity index (χ0n) is 7.98. The summed E-state index contributed by atoms with van der Waals surface area (Å²) in [6.07, 6.45) is 5.46. The van der Waals surface area contributed by atoms with Gasteiger partial charge in [-0.05, 0) is 25.0 Å². The third-order valence-corrected chi connectivity index (χ3v) is 2.99. The fourth-order valence-corrected chi connectivity index (χ4v) is 2.27. The van der Waals surface area contributed by atoms with E-state index in [-0.39, 0.29) is 11.8 Å². The normalized spacial score (nSPS) is 27.4. The average Bonchev–Trinajstić information content (AvgIpc) is 2.70. The van der Waals surface area contributed by atoms with Crippen molar-refractivity contribution in [3.63, 3.8) is 0 Å². The number of aliphatic carboxylic acids is 1. The molecule has 1 heterocycles. The quantitative estimate of drug-likeness (QED) is 0.787. The summed E-state index contributed by atoms with van der Waals surface area (Å²) in [4.78, 5) is 11.0. The Labute approximate surface area is 82.7 Å². The van der Waals surface area contributed by atoms with E-state index < -0.39 is 5.97 Å². The maximum atomic E-state index is 11.0. The first-order valence-electron chi connectivity index (χ1n) is 5.05. The van der Waals surface area contributed by atoms with Crippen LogP contribution in [0, 0.1) is 5.92 Å². The number of hydrogen-bond donors (Lipinski definition) is 1. The molecule has 1 N–H and O–H groups in total. The Kier molecular flexibility index (Phi) is 2.57. The van der Waals surface area contributed by atoms with Crippen LogP contribution in [0.4, 0.5) is 0 Å². The highest BCUT2D eigenvalue weighted by Gasteiger charge is 2.33. The largest absolute Gasteiger partial charge is 0.481 e. The molecule has 2 atom stereocenters. The van der Waals surface area contributed by atoms with E-state index >= 15 is 0 Å². The van der Waals surface area contributed by atoms with Crippen LogP contribution in [0.1, 0.15) is 37.4 Å². The second-order valence-electron chi connectivity index (χ2n) is 3.85. The number of furan rings is 1. The molecule has 3 heteroatoms. The first kappa shape index (κ1) is 9.31. The zero-order valence-corrected chi connectivity index (χ0v) is 7.98. The van der Waals surface area contributed by atoms with Crippen LogP contribution in [-0.4, -0.2) is 11.1 Å². The molecule has 0 unspecified atom stereocenters. The molecule has 2 rings (SSSR count). The van der Waals surface area contributed by atoms with Crippen molar-refractivity contribution in [2.24, 2.45) is 5.92 Å². The van der Waals surface area contributed by atoms with Crippen molar-refractivity contribution >= 4 is 5.97 Å². The first-order valence-corrected chi connectivity index (χ1v) is 5.05. The molecule has 1 aliphatic rings. The first-order chi connectivity index (χ1) is 6.79. The molecule has 1 aromatic rings. The Bertz CT molecular complexity index is 302. The van der Waals surface area contributed by atoms with Crippen molar-refractivity contribution in [3.05, 3.63) is 24.2 Å². The van der Waals surface area contributed by atoms with Crippen LogP contribution in [-0.2, 0) is 4.79 Å². The van der Waals surface area contributed by atoms with Gasteiger partial charge in [-0.25, -0.2) is 0 Å². The summed E-state index contributed by atoms with van der Waals surface area (Å²) in [6, 6.07) is 3.70. The van der Waals surface area contributed by atoms with Gasteiger partial charge in [0.2, 0.25) is 0 Å². The van der Waals surface area contributed by atoms with Gasteiger partial charge < -0.3 is 9.52 Å². The Morgan fingerprint density at radius 2 is 2.21 bits per heavy atom. The summed E-state index contributed by atoms with van der Waals surface area (Å²) in [6.45, 7) is 0. The summed E-state index contributed by atoms with van der Waals surface area (Å²) >= 11 is 0. The number of carboxylic acid groups (broad SMARTS) is 1. The zero-order chi connectivity index (χ0) is 9.97. The maximum Gasteiger partial charge on any atom is 0.307 e. The molecular formula is C11H14O3. The average molecular weight is 194 g/mol. The lowest BCUT2D eigenvalue weighted by molar-refractivity contribution is -0.143. The molecule has 76 valence electrons. The van der Waals surface area contributed by atoms with E-state index in [1.165, 1.54) is 0 Å². The molecule has 0 bridgehead atoms. The van der Waals surface area contributed by atoms with E-state index in [1.54, 1.807) is 6.26 Å². The highest BCUT2D eigenvalue weighted by molar-refractivity contribution is 5.71. The topological polar surface area (TPSA) is 50.4 Å². The van der Waals surface area contributed by atoms with Gasteiger partial charge in [-0.1, -0.05) is 12.8 Å². The van der Waals surface area contributed by atoms with Crippen LogP contribution in [0.2, 0.25) is 0 Å². The van der Waals surface area contributed by atoms with Crippen molar-refractivity contribution in [2.75, 3.05) is 0 Å². The molecule has 3 nitrogen and oxygen atoms in total. The van der Waals surface area contributed by atoms with Gasteiger partial charge >= 0.3 is 5.97 Å². The van der Waals surface area contributed by atoms with Crippen LogP contribution in [0.15, 0.2) is 22.8 Å². The van der Waals surface area contributed by atoms with E-state index in [9.17, 15) is 4.79 Å². The van der Waals surface area contributed by atoms with E-state index in [0.29, 0.717) is 0 Å². The lowest BCUT2D eigenvalue weighted by atomic mass is 9.78. The Balaban J connectivity index is 2.18. The Morgan fingerprint density at radius 1 is 1.43 bits per heavy atom. The molecule has 14 heavy (non-hydrogen) atoms. The van der Waals surface area contributed by atoms with Gasteiger partial charge in [-0.2, -0.15) is 0 Å². The fraction of sp³-hybridized carbons (Fsp3) is 0.545. The highest BCUT2D eigenvalue weighted by Crippen LogP contribution is 2.37. The molecule has 1 saturated carbocycles. The van der Waals surface area contributed by atoms with Gasteiger partial charge in [-0.3, -0.25) is 4.79 Å². The molecule has 1 aliphatic carbocycles. The Hall–Kier alpha value is -1.25. The van der Waals surface area contributed by atoms with Crippen molar-refractivity contribution in [3.8, 4) is 0 Å². The molecule has 0 spiro atoms. The third kappa shape index (κ3) is 1.67. The van der Waals surface area contributed by atoms with Crippen molar-refractivity contribution in [1.29, 1.82) is 0 Å². The number of rotatable bonds is 2. The van der Waals surface area contributed by atoms with Crippen LogP contribution >= 0.6 is 0 Å². The smallest absolute Gasteiger partial charge is 0.307 e. The lowest BCUT2D eigenvalue weighted by Crippen LogP contribution is -2.25. The predicted molar refractivity (Wildman–Crippen MR) is 51.0 cm³/mol. The lowest BCUT2D eigenvalue weighted by Gasteiger charge is -2.26. The van der Waals surface area contributed by atoms with Crippen LogP contribution in [0.25, 0.3) is 0 Å². The second kappa shape index (κ2) is 3.86. The van der Waals surface area contributed by atoms with Crippen molar-refractivity contribution in [2.45, 2.75) is 31.6 Å². The minimum Gasteiger partial charge on any atom is -0.481 e. The summed E-state index contributed by atoms with van der Waals surface area (Å²) in [5, 5.41) is 9.07. The highest BCUT2D eigenvalue weighted by atomic mass is 16.4. The van der Waals surface area contributed by atoms with Crippen molar-refractivity contribution < 1.29 is 14.3 Å². The monoisotopic (exact) mass is 194 g/mol. The van der Waals surface area contributed by atoms with Crippen LogP contribution in [0.5, 0.6) is 0 Å². The second-order valence-corrected chi connectivity index (χ2v) is 3.85. The minimum absolute atomic E-state index is 0.0799. The molecule has 1 aromatic heterocycles. The van der Waals surface area contributed by atoms with Gasteiger partial charge in [0.25, 0.3) is 0 Å². The van der Waals surface area contributed by atoms with Crippen molar-refractivity contribution in [1.82, 2.24) is 0 Å². The van der Waals surface area contributed by atoms with Gasteiger partial charge in [0.05, 0.1) is 12.2 Å². The summed E-state index contributed by atoms with van der Waals surface area (Å²) in [7, 11) is 0. The van der Waals surface area contributed by atoms with E-state index in [4.69, 9.17) is 9.52 Å². The van der Waals surface area contributed by atoms with Gasteiger partial charge in [0.15, 0.2) is 0 Å². The molecule has 0 radical (unpaired) electrons. The van der Waals surface area contributed by atoms with Gasteiger partial charge in [-0.15, -0.1) is 0 Å². The maximum absolute atomic E-state index is 11.0. The molecule has 1 fully saturated rings. The molecule has 0 aromatic carbocycles.